The van der Waals surface area contributed by atoms with E-state index >= 15 is 0 Å². The molecule has 2 heterocycles. The quantitative estimate of drug-likeness (QED) is 0.915. The van der Waals surface area contributed by atoms with Crippen molar-refractivity contribution in [3.05, 3.63) is 42.7 Å². The molecule has 2 N–H and O–H groups in total. The molecule has 2 aromatic rings. The van der Waals surface area contributed by atoms with Gasteiger partial charge in [-0.15, -0.1) is 0 Å². The molecule has 0 bridgehead atoms. The summed E-state index contributed by atoms with van der Waals surface area (Å²) in [6, 6.07) is 10.8. The maximum Gasteiger partial charge on any atom is 0.210 e. The van der Waals surface area contributed by atoms with Crippen molar-refractivity contribution in [1.82, 2.24) is 9.55 Å². The molecule has 100 valence electrons. The fourth-order valence-electron chi connectivity index (χ4n) is 2.81. The highest BCUT2D eigenvalue weighted by Gasteiger charge is 2.24. The van der Waals surface area contributed by atoms with Crippen LogP contribution in [0.2, 0.25) is 0 Å². The lowest BCUT2D eigenvalue weighted by molar-refractivity contribution is 0.457. The molecule has 1 aromatic heterocycles. The van der Waals surface area contributed by atoms with E-state index in [-0.39, 0.29) is 0 Å². The van der Waals surface area contributed by atoms with E-state index in [1.165, 1.54) is 12.8 Å². The molecule has 1 aliphatic rings. The Morgan fingerprint density at radius 2 is 2.05 bits per heavy atom. The monoisotopic (exact) mass is 256 g/mol. The lowest BCUT2D eigenvalue weighted by Crippen LogP contribution is -2.45. The van der Waals surface area contributed by atoms with Gasteiger partial charge in [-0.1, -0.05) is 18.2 Å². The molecule has 3 rings (SSSR count). The number of para-hydroxylation sites is 1. The summed E-state index contributed by atoms with van der Waals surface area (Å²) in [5.74, 6) is 1.02. The standard InChI is InChI=1S/C15H20N4/c16-12-14-8-4-5-10-18(14)15-17-9-11-19(15)13-6-2-1-3-7-13/h1-3,6-7,9,11,14H,4-5,8,10,12,16H2. The van der Waals surface area contributed by atoms with Crippen LogP contribution in [0.3, 0.4) is 0 Å². The summed E-state index contributed by atoms with van der Waals surface area (Å²) in [5, 5.41) is 0. The van der Waals surface area contributed by atoms with Crippen molar-refractivity contribution in [2.45, 2.75) is 25.3 Å². The first-order valence-electron chi connectivity index (χ1n) is 6.95. The Labute approximate surface area is 113 Å². The Morgan fingerprint density at radius 1 is 1.21 bits per heavy atom. The number of nitrogens with two attached hydrogens (primary N) is 1. The van der Waals surface area contributed by atoms with E-state index in [9.17, 15) is 0 Å². The Hall–Kier alpha value is -1.81. The average molecular weight is 256 g/mol. The average Bonchev–Trinajstić information content (AvgIpc) is 2.97. The van der Waals surface area contributed by atoms with Gasteiger partial charge in [-0.05, 0) is 31.4 Å². The van der Waals surface area contributed by atoms with E-state index < -0.39 is 0 Å². The minimum absolute atomic E-state index is 0.415. The third-order valence-corrected chi connectivity index (χ3v) is 3.81. The number of benzene rings is 1. The van der Waals surface area contributed by atoms with E-state index in [4.69, 9.17) is 5.73 Å². The molecule has 0 amide bonds. The normalized spacial score (nSPS) is 19.6. The molecular weight excluding hydrogens is 236 g/mol. The minimum atomic E-state index is 0.415. The molecule has 19 heavy (non-hydrogen) atoms. The lowest BCUT2D eigenvalue weighted by atomic mass is 10.0. The van der Waals surface area contributed by atoms with Crippen molar-refractivity contribution >= 4 is 5.95 Å². The van der Waals surface area contributed by atoms with Gasteiger partial charge in [0.15, 0.2) is 0 Å². The van der Waals surface area contributed by atoms with Crippen molar-refractivity contribution in [1.29, 1.82) is 0 Å². The van der Waals surface area contributed by atoms with Gasteiger partial charge in [0.25, 0.3) is 0 Å². The van der Waals surface area contributed by atoms with Crippen LogP contribution in [0.1, 0.15) is 19.3 Å². The molecule has 1 unspecified atom stereocenters. The molecular formula is C15H20N4. The van der Waals surface area contributed by atoms with Crippen molar-refractivity contribution in [3.63, 3.8) is 0 Å². The van der Waals surface area contributed by atoms with Crippen LogP contribution in [0.25, 0.3) is 5.69 Å². The molecule has 4 nitrogen and oxygen atoms in total. The minimum Gasteiger partial charge on any atom is -0.338 e. The van der Waals surface area contributed by atoms with Gasteiger partial charge in [-0.2, -0.15) is 0 Å². The van der Waals surface area contributed by atoms with Gasteiger partial charge in [0, 0.05) is 37.2 Å². The molecule has 0 spiro atoms. The predicted molar refractivity (Wildman–Crippen MR) is 77.6 cm³/mol. The number of aromatic nitrogens is 2. The summed E-state index contributed by atoms with van der Waals surface area (Å²) in [7, 11) is 0. The lowest BCUT2D eigenvalue weighted by Gasteiger charge is -2.36. The van der Waals surface area contributed by atoms with Crippen molar-refractivity contribution in [2.24, 2.45) is 5.73 Å². The second-order valence-corrected chi connectivity index (χ2v) is 5.01. The summed E-state index contributed by atoms with van der Waals surface area (Å²) in [6.45, 7) is 1.74. The Morgan fingerprint density at radius 3 is 2.84 bits per heavy atom. The van der Waals surface area contributed by atoms with Gasteiger partial charge in [0.2, 0.25) is 5.95 Å². The Balaban J connectivity index is 1.95. The second-order valence-electron chi connectivity index (χ2n) is 5.01. The van der Waals surface area contributed by atoms with Crippen LogP contribution in [-0.4, -0.2) is 28.7 Å². The number of imidazole rings is 1. The van der Waals surface area contributed by atoms with Crippen LogP contribution in [0, 0.1) is 0 Å². The summed E-state index contributed by atoms with van der Waals surface area (Å²) < 4.78 is 2.15. The highest BCUT2D eigenvalue weighted by Crippen LogP contribution is 2.25. The molecule has 1 saturated heterocycles. The number of anilines is 1. The van der Waals surface area contributed by atoms with Crippen molar-refractivity contribution in [3.8, 4) is 5.69 Å². The maximum atomic E-state index is 5.91. The van der Waals surface area contributed by atoms with Gasteiger partial charge < -0.3 is 10.6 Å². The summed E-state index contributed by atoms with van der Waals surface area (Å²) in [6.07, 6.45) is 7.54. The number of piperidine rings is 1. The van der Waals surface area contributed by atoms with Crippen molar-refractivity contribution < 1.29 is 0 Å². The number of hydrogen-bond acceptors (Lipinski definition) is 3. The molecule has 1 fully saturated rings. The fraction of sp³-hybridized carbons (Fsp3) is 0.400. The van der Waals surface area contributed by atoms with E-state index in [1.807, 2.05) is 18.5 Å². The second kappa shape index (κ2) is 5.45. The zero-order valence-electron chi connectivity index (χ0n) is 11.1. The summed E-state index contributed by atoms with van der Waals surface area (Å²) >= 11 is 0. The third-order valence-electron chi connectivity index (χ3n) is 3.81. The fourth-order valence-corrected chi connectivity index (χ4v) is 2.81. The topological polar surface area (TPSA) is 47.1 Å². The van der Waals surface area contributed by atoms with Crippen LogP contribution in [-0.2, 0) is 0 Å². The van der Waals surface area contributed by atoms with E-state index in [2.05, 4.69) is 38.7 Å². The van der Waals surface area contributed by atoms with E-state index in [0.717, 1.165) is 24.6 Å². The number of rotatable bonds is 3. The molecule has 1 aliphatic heterocycles. The van der Waals surface area contributed by atoms with E-state index in [0.29, 0.717) is 12.6 Å². The predicted octanol–water partition coefficient (Wildman–Crippen LogP) is 2.19. The zero-order valence-corrected chi connectivity index (χ0v) is 11.1. The Bertz CT molecular complexity index is 520. The van der Waals surface area contributed by atoms with Gasteiger partial charge in [-0.25, -0.2) is 4.98 Å². The van der Waals surface area contributed by atoms with Crippen LogP contribution >= 0.6 is 0 Å². The third kappa shape index (κ3) is 2.36. The first kappa shape index (κ1) is 12.2. The van der Waals surface area contributed by atoms with Crippen molar-refractivity contribution in [2.75, 3.05) is 18.0 Å². The van der Waals surface area contributed by atoms with Crippen LogP contribution in [0.4, 0.5) is 5.95 Å². The first-order valence-corrected chi connectivity index (χ1v) is 6.95. The molecule has 4 heteroatoms. The van der Waals surface area contributed by atoms with Crippen LogP contribution < -0.4 is 10.6 Å². The number of nitrogens with zero attached hydrogens (tertiary/aromatic N) is 3. The smallest absolute Gasteiger partial charge is 0.210 e. The van der Waals surface area contributed by atoms with E-state index in [1.54, 1.807) is 0 Å². The summed E-state index contributed by atoms with van der Waals surface area (Å²) in [5.41, 5.74) is 7.06. The summed E-state index contributed by atoms with van der Waals surface area (Å²) in [4.78, 5) is 6.91. The largest absolute Gasteiger partial charge is 0.338 e. The number of hydrogen-bond donors (Lipinski definition) is 1. The molecule has 0 saturated carbocycles. The molecule has 0 aliphatic carbocycles. The maximum absolute atomic E-state index is 5.91. The van der Waals surface area contributed by atoms with Gasteiger partial charge in [0.1, 0.15) is 0 Å². The van der Waals surface area contributed by atoms with Gasteiger partial charge >= 0.3 is 0 Å². The van der Waals surface area contributed by atoms with Crippen LogP contribution in [0.15, 0.2) is 42.7 Å². The highest BCUT2D eigenvalue weighted by atomic mass is 15.3. The van der Waals surface area contributed by atoms with Gasteiger partial charge in [0.05, 0.1) is 0 Å². The van der Waals surface area contributed by atoms with Crippen LogP contribution in [0.5, 0.6) is 0 Å². The Kier molecular flexibility index (Phi) is 3.51. The zero-order chi connectivity index (χ0) is 13.1. The highest BCUT2D eigenvalue weighted by molar-refractivity contribution is 5.44. The van der Waals surface area contributed by atoms with Gasteiger partial charge in [-0.3, -0.25) is 4.57 Å². The first-order chi connectivity index (χ1) is 9.40. The molecule has 0 radical (unpaired) electrons. The molecule has 1 aromatic carbocycles. The molecule has 1 atom stereocenters. The SMILES string of the molecule is NCC1CCCCN1c1nccn1-c1ccccc1.